The summed E-state index contributed by atoms with van der Waals surface area (Å²) < 4.78 is 10.2. The lowest BCUT2D eigenvalue weighted by Crippen LogP contribution is -2.09. The molecule has 0 aliphatic rings. The maximum Gasteiger partial charge on any atom is 0.306 e. The maximum absolute atomic E-state index is 11.5. The molecule has 0 aliphatic heterocycles. The average molecular weight is 236 g/mol. The minimum absolute atomic E-state index is 0.129. The maximum atomic E-state index is 11.5. The van der Waals surface area contributed by atoms with E-state index >= 15 is 0 Å². The molecule has 0 heterocycles. The average Bonchev–Trinajstić information content (AvgIpc) is 2.36. The molecule has 0 aromatic heterocycles. The van der Waals surface area contributed by atoms with Gasteiger partial charge in [0.2, 0.25) is 0 Å². The summed E-state index contributed by atoms with van der Waals surface area (Å²) in [5.41, 5.74) is 1.12. The number of rotatable bonds is 6. The molecule has 1 atom stereocenters. The number of hydrogen-bond acceptors (Lipinski definition) is 3. The fourth-order valence-electron chi connectivity index (χ4n) is 1.58. The van der Waals surface area contributed by atoms with Crippen LogP contribution in [0.4, 0.5) is 0 Å². The number of hydrogen-bond donors (Lipinski definition) is 0. The van der Waals surface area contributed by atoms with Crippen molar-refractivity contribution >= 4 is 5.97 Å². The van der Waals surface area contributed by atoms with Gasteiger partial charge in [-0.1, -0.05) is 26.0 Å². The van der Waals surface area contributed by atoms with Gasteiger partial charge in [-0.3, -0.25) is 4.79 Å². The minimum atomic E-state index is -0.129. The molecule has 3 heteroatoms. The summed E-state index contributed by atoms with van der Waals surface area (Å²) in [5, 5.41) is 0. The van der Waals surface area contributed by atoms with Crippen molar-refractivity contribution in [1.82, 2.24) is 0 Å². The molecule has 1 aromatic rings. The highest BCUT2D eigenvalue weighted by molar-refractivity contribution is 5.70. The van der Waals surface area contributed by atoms with Crippen molar-refractivity contribution in [1.29, 1.82) is 0 Å². The highest BCUT2D eigenvalue weighted by Crippen LogP contribution is 2.22. The second-order valence-corrected chi connectivity index (χ2v) is 4.10. The predicted octanol–water partition coefficient (Wildman–Crippen LogP) is 3.14. The van der Waals surface area contributed by atoms with Crippen LogP contribution in [0.15, 0.2) is 24.3 Å². The monoisotopic (exact) mass is 236 g/mol. The molecule has 0 radical (unpaired) electrons. The number of esters is 1. The molecule has 0 amide bonds. The number of methoxy groups -OCH3 is 1. The van der Waals surface area contributed by atoms with Gasteiger partial charge in [0.15, 0.2) is 0 Å². The van der Waals surface area contributed by atoms with Crippen molar-refractivity contribution in [3.63, 3.8) is 0 Å². The number of carbonyl (C=O) groups excluding carboxylic acids is 1. The Morgan fingerprint density at radius 2 is 1.94 bits per heavy atom. The van der Waals surface area contributed by atoms with Gasteiger partial charge >= 0.3 is 5.97 Å². The van der Waals surface area contributed by atoms with Crippen LogP contribution in [0.25, 0.3) is 0 Å². The van der Waals surface area contributed by atoms with Gasteiger partial charge < -0.3 is 9.47 Å². The first kappa shape index (κ1) is 13.6. The molecule has 0 saturated carbocycles. The second-order valence-electron chi connectivity index (χ2n) is 4.10. The first-order valence-corrected chi connectivity index (χ1v) is 5.97. The second kappa shape index (κ2) is 6.94. The molecule has 0 bridgehead atoms. The molecule has 1 aromatic carbocycles. The van der Waals surface area contributed by atoms with E-state index in [1.54, 1.807) is 7.11 Å². The largest absolute Gasteiger partial charge is 0.497 e. The molecule has 0 aliphatic carbocycles. The van der Waals surface area contributed by atoms with Gasteiger partial charge in [0.05, 0.1) is 20.1 Å². The van der Waals surface area contributed by atoms with Crippen molar-refractivity contribution in [2.75, 3.05) is 13.7 Å². The van der Waals surface area contributed by atoms with Gasteiger partial charge in [-0.2, -0.15) is 0 Å². The minimum Gasteiger partial charge on any atom is -0.497 e. The topological polar surface area (TPSA) is 35.5 Å². The lowest BCUT2D eigenvalue weighted by Gasteiger charge is -2.11. The third-order valence-electron chi connectivity index (χ3n) is 2.62. The number of benzene rings is 1. The van der Waals surface area contributed by atoms with Crippen LogP contribution in [0, 0.1) is 0 Å². The predicted molar refractivity (Wildman–Crippen MR) is 67.3 cm³/mol. The third kappa shape index (κ3) is 4.47. The Labute approximate surface area is 103 Å². The first-order chi connectivity index (χ1) is 8.17. The van der Waals surface area contributed by atoms with Crippen molar-refractivity contribution in [3.05, 3.63) is 29.8 Å². The van der Waals surface area contributed by atoms with E-state index in [9.17, 15) is 4.79 Å². The summed E-state index contributed by atoms with van der Waals surface area (Å²) in [6.07, 6.45) is 1.29. The third-order valence-corrected chi connectivity index (χ3v) is 2.62. The summed E-state index contributed by atoms with van der Waals surface area (Å²) in [7, 11) is 1.64. The zero-order valence-corrected chi connectivity index (χ0v) is 10.7. The Balaban J connectivity index is 2.51. The Hall–Kier alpha value is -1.51. The fraction of sp³-hybridized carbons (Fsp3) is 0.500. The molecule has 0 spiro atoms. The summed E-state index contributed by atoms with van der Waals surface area (Å²) in [5.74, 6) is 0.870. The zero-order valence-electron chi connectivity index (χ0n) is 10.7. The first-order valence-electron chi connectivity index (χ1n) is 5.97. The lowest BCUT2D eigenvalue weighted by molar-refractivity contribution is -0.144. The van der Waals surface area contributed by atoms with Crippen LogP contribution in [0.3, 0.4) is 0 Å². The molecule has 0 N–H and O–H groups in total. The van der Waals surface area contributed by atoms with Crippen LogP contribution in [0.1, 0.15) is 38.2 Å². The van der Waals surface area contributed by atoms with E-state index in [0.717, 1.165) is 17.7 Å². The molecule has 17 heavy (non-hydrogen) atoms. The van der Waals surface area contributed by atoms with E-state index in [2.05, 4.69) is 0 Å². The van der Waals surface area contributed by atoms with Crippen LogP contribution in [-0.4, -0.2) is 19.7 Å². The number of carbonyl (C=O) groups is 1. The molecule has 1 unspecified atom stereocenters. The number of ether oxygens (including phenoxy) is 2. The van der Waals surface area contributed by atoms with Crippen LogP contribution in [0.5, 0.6) is 5.75 Å². The van der Waals surface area contributed by atoms with Gasteiger partial charge in [0, 0.05) is 0 Å². The van der Waals surface area contributed by atoms with Gasteiger partial charge in [-0.15, -0.1) is 0 Å². The van der Waals surface area contributed by atoms with Crippen molar-refractivity contribution in [3.8, 4) is 5.75 Å². The highest BCUT2D eigenvalue weighted by atomic mass is 16.5. The summed E-state index contributed by atoms with van der Waals surface area (Å²) in [4.78, 5) is 11.5. The van der Waals surface area contributed by atoms with Gasteiger partial charge in [-0.05, 0) is 30.0 Å². The Kier molecular flexibility index (Phi) is 5.53. The molecular formula is C14H20O3. The zero-order chi connectivity index (χ0) is 12.7. The van der Waals surface area contributed by atoms with Crippen molar-refractivity contribution < 1.29 is 14.3 Å². The van der Waals surface area contributed by atoms with E-state index in [1.807, 2.05) is 38.1 Å². The van der Waals surface area contributed by atoms with Crippen LogP contribution < -0.4 is 4.74 Å². The SMILES string of the molecule is CCCOC(=O)CC(C)c1ccc(OC)cc1. The fourth-order valence-corrected chi connectivity index (χ4v) is 1.58. The quantitative estimate of drug-likeness (QED) is 0.712. The normalized spacial score (nSPS) is 11.9. The molecular weight excluding hydrogens is 216 g/mol. The Bertz CT molecular complexity index is 343. The Morgan fingerprint density at radius 3 is 2.47 bits per heavy atom. The van der Waals surface area contributed by atoms with E-state index < -0.39 is 0 Å². The summed E-state index contributed by atoms with van der Waals surface area (Å²) in [6, 6.07) is 7.78. The molecule has 94 valence electrons. The molecule has 3 nitrogen and oxygen atoms in total. The van der Waals surface area contributed by atoms with Crippen molar-refractivity contribution in [2.24, 2.45) is 0 Å². The highest BCUT2D eigenvalue weighted by Gasteiger charge is 2.12. The Morgan fingerprint density at radius 1 is 1.29 bits per heavy atom. The van der Waals surface area contributed by atoms with Gasteiger partial charge in [0.25, 0.3) is 0 Å². The van der Waals surface area contributed by atoms with E-state index in [0.29, 0.717) is 13.0 Å². The molecule has 1 rings (SSSR count). The van der Waals surface area contributed by atoms with Crippen molar-refractivity contribution in [2.45, 2.75) is 32.6 Å². The van der Waals surface area contributed by atoms with E-state index in [1.165, 1.54) is 0 Å². The van der Waals surface area contributed by atoms with E-state index in [-0.39, 0.29) is 11.9 Å². The van der Waals surface area contributed by atoms with Crippen LogP contribution in [0.2, 0.25) is 0 Å². The van der Waals surface area contributed by atoms with Gasteiger partial charge in [0.1, 0.15) is 5.75 Å². The lowest BCUT2D eigenvalue weighted by atomic mass is 9.98. The summed E-state index contributed by atoms with van der Waals surface area (Å²) >= 11 is 0. The standard InChI is InChI=1S/C14H20O3/c1-4-9-17-14(15)10-11(2)12-5-7-13(16-3)8-6-12/h5-8,11H,4,9-10H2,1-3H3. The van der Waals surface area contributed by atoms with Crippen LogP contribution >= 0.6 is 0 Å². The molecule has 0 fully saturated rings. The smallest absolute Gasteiger partial charge is 0.306 e. The van der Waals surface area contributed by atoms with Crippen LogP contribution in [-0.2, 0) is 9.53 Å². The molecule has 0 saturated heterocycles. The van der Waals surface area contributed by atoms with Gasteiger partial charge in [-0.25, -0.2) is 0 Å². The summed E-state index contributed by atoms with van der Waals surface area (Å²) in [6.45, 7) is 4.52. The van der Waals surface area contributed by atoms with E-state index in [4.69, 9.17) is 9.47 Å².